The number of aromatic amines is 1. The van der Waals surface area contributed by atoms with Gasteiger partial charge in [-0.3, -0.25) is 9.59 Å². The number of nitrogens with one attached hydrogen (secondary N) is 1. The lowest BCUT2D eigenvalue weighted by atomic mass is 9.93. The lowest BCUT2D eigenvalue weighted by Crippen LogP contribution is -2.53. The Labute approximate surface area is 146 Å². The van der Waals surface area contributed by atoms with Gasteiger partial charge in [-0.2, -0.15) is 0 Å². The molecule has 2 heterocycles. The molecular formula is C19H22N2O4. The number of pyridine rings is 1. The van der Waals surface area contributed by atoms with Crippen molar-refractivity contribution in [1.29, 1.82) is 0 Å². The molecule has 1 amide bonds. The van der Waals surface area contributed by atoms with Crippen LogP contribution in [0.15, 0.2) is 47.3 Å². The number of ether oxygens (including phenoxy) is 1. The molecule has 2 N–H and O–H groups in total. The van der Waals surface area contributed by atoms with Crippen LogP contribution in [0.2, 0.25) is 0 Å². The number of para-hydroxylation sites is 1. The van der Waals surface area contributed by atoms with Crippen LogP contribution < -0.4 is 10.3 Å². The summed E-state index contributed by atoms with van der Waals surface area (Å²) < 4.78 is 5.67. The molecule has 0 radical (unpaired) electrons. The smallest absolute Gasteiger partial charge is 0.260 e. The van der Waals surface area contributed by atoms with Gasteiger partial charge in [0.15, 0.2) is 0 Å². The Kier molecular flexibility index (Phi) is 4.90. The summed E-state index contributed by atoms with van der Waals surface area (Å²) in [5.41, 5.74) is -0.729. The number of nitrogens with zero attached hydrogens (tertiary/aromatic N) is 1. The second kappa shape index (κ2) is 7.11. The zero-order valence-corrected chi connectivity index (χ0v) is 14.2. The van der Waals surface area contributed by atoms with Crippen LogP contribution in [-0.4, -0.2) is 46.2 Å². The third-order valence-corrected chi connectivity index (χ3v) is 4.38. The fourth-order valence-corrected chi connectivity index (χ4v) is 3.05. The minimum atomic E-state index is -1.12. The number of carbonyl (C=O) groups excluding carboxylic acids is 1. The maximum Gasteiger partial charge on any atom is 0.260 e. The molecule has 25 heavy (non-hydrogen) atoms. The molecule has 132 valence electrons. The molecule has 1 saturated heterocycles. The van der Waals surface area contributed by atoms with E-state index in [1.165, 1.54) is 11.0 Å². The quantitative estimate of drug-likeness (QED) is 0.886. The highest BCUT2D eigenvalue weighted by Gasteiger charge is 2.36. The molecule has 1 atom stereocenters. The van der Waals surface area contributed by atoms with Crippen LogP contribution in [0.25, 0.3) is 0 Å². The van der Waals surface area contributed by atoms with Crippen molar-refractivity contribution in [3.8, 4) is 5.75 Å². The summed E-state index contributed by atoms with van der Waals surface area (Å²) in [4.78, 5) is 28.8. The van der Waals surface area contributed by atoms with Gasteiger partial charge in [-0.15, -0.1) is 0 Å². The van der Waals surface area contributed by atoms with Crippen molar-refractivity contribution in [2.45, 2.75) is 25.4 Å². The van der Waals surface area contributed by atoms with Crippen LogP contribution in [0.3, 0.4) is 0 Å². The number of aryl methyl sites for hydroxylation is 1. The molecule has 1 aromatic carbocycles. The van der Waals surface area contributed by atoms with Crippen molar-refractivity contribution in [3.63, 3.8) is 0 Å². The lowest BCUT2D eigenvalue weighted by molar-refractivity contribution is -0.0532. The van der Waals surface area contributed by atoms with Crippen LogP contribution in [-0.2, 0) is 0 Å². The van der Waals surface area contributed by atoms with Crippen LogP contribution in [0.1, 0.15) is 28.9 Å². The van der Waals surface area contributed by atoms with Crippen molar-refractivity contribution in [3.05, 3.63) is 64.1 Å². The van der Waals surface area contributed by atoms with Crippen LogP contribution in [0.5, 0.6) is 5.75 Å². The Bertz CT molecular complexity index is 803. The number of β-amino-alcohol motifs (C(OH)–C–C–N with tert-alkyl or cyclic N) is 1. The Morgan fingerprint density at radius 3 is 2.76 bits per heavy atom. The van der Waals surface area contributed by atoms with E-state index in [9.17, 15) is 14.7 Å². The van der Waals surface area contributed by atoms with E-state index in [0.29, 0.717) is 30.8 Å². The van der Waals surface area contributed by atoms with Gasteiger partial charge in [0, 0.05) is 12.2 Å². The topological polar surface area (TPSA) is 82.6 Å². The van der Waals surface area contributed by atoms with Crippen LogP contribution in [0, 0.1) is 6.92 Å². The minimum Gasteiger partial charge on any atom is -0.491 e. The number of hydrogen-bond acceptors (Lipinski definition) is 4. The fraction of sp³-hybridized carbons (Fsp3) is 0.368. The number of amides is 1. The zero-order chi connectivity index (χ0) is 17.9. The first-order chi connectivity index (χ1) is 12.0. The van der Waals surface area contributed by atoms with E-state index < -0.39 is 11.2 Å². The largest absolute Gasteiger partial charge is 0.491 e. The molecule has 6 heteroatoms. The number of aliphatic hydroxyl groups is 1. The summed E-state index contributed by atoms with van der Waals surface area (Å²) in [5, 5.41) is 10.8. The van der Waals surface area contributed by atoms with Gasteiger partial charge < -0.3 is 19.7 Å². The number of H-pyrrole nitrogens is 1. The normalized spacial score (nSPS) is 20.3. The molecule has 3 rings (SSSR count). The highest BCUT2D eigenvalue weighted by Crippen LogP contribution is 2.23. The number of likely N-dealkylation sites (tertiary alicyclic amines) is 1. The van der Waals surface area contributed by atoms with E-state index in [0.717, 1.165) is 0 Å². The van der Waals surface area contributed by atoms with Gasteiger partial charge in [-0.25, -0.2) is 0 Å². The Balaban J connectivity index is 1.69. The van der Waals surface area contributed by atoms with E-state index in [4.69, 9.17) is 4.74 Å². The summed E-state index contributed by atoms with van der Waals surface area (Å²) in [7, 11) is 0. The maximum absolute atomic E-state index is 12.6. The van der Waals surface area contributed by atoms with Gasteiger partial charge in [-0.05, 0) is 44.0 Å². The van der Waals surface area contributed by atoms with E-state index in [-0.39, 0.29) is 24.6 Å². The van der Waals surface area contributed by atoms with E-state index in [1.54, 1.807) is 13.0 Å². The van der Waals surface area contributed by atoms with Gasteiger partial charge in [0.05, 0.1) is 6.54 Å². The summed E-state index contributed by atoms with van der Waals surface area (Å²) >= 11 is 0. The molecule has 2 aromatic rings. The summed E-state index contributed by atoms with van der Waals surface area (Å²) in [6.07, 6.45) is 1.21. The molecule has 1 aliphatic heterocycles. The first-order valence-corrected chi connectivity index (χ1v) is 8.36. The predicted molar refractivity (Wildman–Crippen MR) is 93.8 cm³/mol. The lowest BCUT2D eigenvalue weighted by Gasteiger charge is -2.38. The second-order valence-corrected chi connectivity index (χ2v) is 6.54. The standard InChI is InChI=1S/C19H22N2O4/c1-14-8-9-16(17(22)20-14)18(23)21-11-5-10-19(24,12-21)13-25-15-6-3-2-4-7-15/h2-4,6-9,24H,5,10-13H2,1H3,(H,20,22)/t19-/m0/s1. The number of carbonyl (C=O) groups is 1. The summed E-state index contributed by atoms with van der Waals surface area (Å²) in [5.74, 6) is 0.313. The Hall–Kier alpha value is -2.60. The predicted octanol–water partition coefficient (Wildman–Crippen LogP) is 1.73. The van der Waals surface area contributed by atoms with Gasteiger partial charge in [-0.1, -0.05) is 18.2 Å². The SMILES string of the molecule is Cc1ccc(C(=O)N2CCC[C@@](O)(COc3ccccc3)C2)c(=O)[nH]1. The number of hydrogen-bond donors (Lipinski definition) is 2. The van der Waals surface area contributed by atoms with E-state index in [1.807, 2.05) is 30.3 Å². The Morgan fingerprint density at radius 1 is 1.28 bits per heavy atom. The van der Waals surface area contributed by atoms with Gasteiger partial charge in [0.1, 0.15) is 23.5 Å². The molecule has 0 bridgehead atoms. The van der Waals surface area contributed by atoms with Crippen molar-refractivity contribution < 1.29 is 14.6 Å². The Morgan fingerprint density at radius 2 is 2.04 bits per heavy atom. The average Bonchev–Trinajstić information content (AvgIpc) is 2.61. The third kappa shape index (κ3) is 4.09. The van der Waals surface area contributed by atoms with E-state index in [2.05, 4.69) is 4.98 Å². The number of aromatic nitrogens is 1. The molecule has 1 aliphatic rings. The van der Waals surface area contributed by atoms with Crippen molar-refractivity contribution in [2.75, 3.05) is 19.7 Å². The third-order valence-electron chi connectivity index (χ3n) is 4.38. The second-order valence-electron chi connectivity index (χ2n) is 6.54. The molecular weight excluding hydrogens is 320 g/mol. The summed E-state index contributed by atoms with van der Waals surface area (Å²) in [6.45, 7) is 2.52. The number of benzene rings is 1. The first kappa shape index (κ1) is 17.2. The zero-order valence-electron chi connectivity index (χ0n) is 14.2. The number of piperidine rings is 1. The highest BCUT2D eigenvalue weighted by atomic mass is 16.5. The highest BCUT2D eigenvalue weighted by molar-refractivity contribution is 5.94. The molecule has 0 spiro atoms. The van der Waals surface area contributed by atoms with Crippen LogP contribution in [0.4, 0.5) is 0 Å². The van der Waals surface area contributed by atoms with Gasteiger partial charge in [0.2, 0.25) is 0 Å². The molecule has 0 unspecified atom stereocenters. The summed E-state index contributed by atoms with van der Waals surface area (Å²) in [6, 6.07) is 12.5. The first-order valence-electron chi connectivity index (χ1n) is 8.36. The van der Waals surface area contributed by atoms with Gasteiger partial charge >= 0.3 is 0 Å². The maximum atomic E-state index is 12.6. The van der Waals surface area contributed by atoms with Crippen molar-refractivity contribution in [2.24, 2.45) is 0 Å². The molecule has 0 aliphatic carbocycles. The van der Waals surface area contributed by atoms with Gasteiger partial charge in [0.25, 0.3) is 11.5 Å². The van der Waals surface area contributed by atoms with Crippen molar-refractivity contribution >= 4 is 5.91 Å². The monoisotopic (exact) mass is 342 g/mol. The fourth-order valence-electron chi connectivity index (χ4n) is 3.05. The minimum absolute atomic E-state index is 0.0961. The molecule has 1 aromatic heterocycles. The van der Waals surface area contributed by atoms with Crippen LogP contribution >= 0.6 is 0 Å². The molecule has 6 nitrogen and oxygen atoms in total. The molecule has 1 fully saturated rings. The average molecular weight is 342 g/mol. The van der Waals surface area contributed by atoms with E-state index >= 15 is 0 Å². The van der Waals surface area contributed by atoms with Crippen molar-refractivity contribution in [1.82, 2.24) is 9.88 Å². The number of rotatable bonds is 4. The molecule has 0 saturated carbocycles.